The Morgan fingerprint density at radius 3 is 2.86 bits per heavy atom. The van der Waals surface area contributed by atoms with Crippen molar-refractivity contribution in [3.8, 4) is 6.07 Å². The van der Waals surface area contributed by atoms with Crippen LogP contribution >= 0.6 is 0 Å². The normalized spacial score (nSPS) is 23.9. The zero-order valence-corrected chi connectivity index (χ0v) is 16.5. The summed E-state index contributed by atoms with van der Waals surface area (Å²) in [5.41, 5.74) is 1.76. The molecule has 3 N–H and O–H groups in total. The fraction of sp³-hybridized carbons (Fsp3) is 0.500. The number of anilines is 3. The molecule has 5 heterocycles. The first-order valence-electron chi connectivity index (χ1n) is 10.2. The summed E-state index contributed by atoms with van der Waals surface area (Å²) in [5.74, 6) is 2.22. The molecule has 2 aliphatic rings. The summed E-state index contributed by atoms with van der Waals surface area (Å²) >= 11 is 0. The summed E-state index contributed by atoms with van der Waals surface area (Å²) in [6, 6.07) is 7.64. The van der Waals surface area contributed by atoms with Crippen LogP contribution in [0.25, 0.3) is 5.65 Å². The van der Waals surface area contributed by atoms with E-state index in [0.29, 0.717) is 30.4 Å². The molecule has 0 radical (unpaired) electrons. The van der Waals surface area contributed by atoms with Crippen LogP contribution in [0.5, 0.6) is 0 Å². The van der Waals surface area contributed by atoms with E-state index in [-0.39, 0.29) is 0 Å². The Morgan fingerprint density at radius 2 is 2.14 bits per heavy atom. The highest BCUT2D eigenvalue weighted by Crippen LogP contribution is 2.37. The third kappa shape index (κ3) is 3.40. The van der Waals surface area contributed by atoms with E-state index in [1.54, 1.807) is 6.20 Å². The summed E-state index contributed by atoms with van der Waals surface area (Å²) in [6.07, 6.45) is 8.98. The Balaban J connectivity index is 1.36. The predicted octanol–water partition coefficient (Wildman–Crippen LogP) is 2.83. The summed E-state index contributed by atoms with van der Waals surface area (Å²) in [4.78, 5) is 11.8. The van der Waals surface area contributed by atoms with Crippen molar-refractivity contribution in [2.75, 3.05) is 17.2 Å². The van der Waals surface area contributed by atoms with Gasteiger partial charge >= 0.3 is 0 Å². The van der Waals surface area contributed by atoms with Crippen molar-refractivity contribution in [3.63, 3.8) is 0 Å². The Hall–Kier alpha value is -3.12. The molecule has 0 aromatic carbocycles. The van der Waals surface area contributed by atoms with Gasteiger partial charge in [-0.05, 0) is 38.7 Å². The maximum absolute atomic E-state index is 8.93. The van der Waals surface area contributed by atoms with Gasteiger partial charge in [0.1, 0.15) is 0 Å². The van der Waals surface area contributed by atoms with Crippen molar-refractivity contribution in [1.82, 2.24) is 29.5 Å². The lowest BCUT2D eigenvalue weighted by Crippen LogP contribution is -2.47. The second kappa shape index (κ2) is 7.37. The van der Waals surface area contributed by atoms with Crippen LogP contribution in [0, 0.1) is 18.3 Å². The van der Waals surface area contributed by atoms with Crippen LogP contribution in [-0.2, 0) is 0 Å². The molecule has 0 saturated carbocycles. The van der Waals surface area contributed by atoms with E-state index in [1.165, 1.54) is 12.8 Å². The number of aromatic nitrogens is 5. The van der Waals surface area contributed by atoms with E-state index in [2.05, 4.69) is 36.8 Å². The van der Waals surface area contributed by atoms with E-state index in [4.69, 9.17) is 10.2 Å². The Labute approximate surface area is 169 Å². The molecule has 2 bridgehead atoms. The van der Waals surface area contributed by atoms with Crippen molar-refractivity contribution in [3.05, 3.63) is 30.2 Å². The Kier molecular flexibility index (Phi) is 4.56. The van der Waals surface area contributed by atoms with E-state index in [9.17, 15) is 0 Å². The lowest BCUT2D eigenvalue weighted by atomic mass is 9.97. The largest absolute Gasteiger partial charge is 0.352 e. The van der Waals surface area contributed by atoms with Gasteiger partial charge in [0.2, 0.25) is 5.95 Å². The SMILES string of the molecule is Cc1cc(Nc2nc(NC3CC4CC[C@@H](C3)N4CCC#N)n3cccnc23)n[nH]1. The molecule has 0 amide bonds. The number of imidazole rings is 1. The third-order valence-electron chi connectivity index (χ3n) is 6.06. The molecule has 0 spiro atoms. The zero-order valence-electron chi connectivity index (χ0n) is 16.5. The number of rotatable bonds is 6. The number of hydrogen-bond acceptors (Lipinski definition) is 7. The van der Waals surface area contributed by atoms with Gasteiger partial charge in [-0.1, -0.05) is 0 Å². The number of hydrogen-bond donors (Lipinski definition) is 3. The number of nitrogens with one attached hydrogen (secondary N) is 3. The molecule has 2 fully saturated rings. The standard InChI is InChI=1S/C20H25N9/c1-13-10-17(27-26-13)24-18-19-22-7-3-9-29(19)20(25-18)23-14-11-15-4-5-16(12-14)28(15)8-2-6-21/h3,7,9-10,14-16H,2,4-5,8,11-12H2,1H3,(H,23,25)(H2,24,26,27)/t14?,15-,16?/m0/s1. The van der Waals surface area contributed by atoms with Crippen LogP contribution in [-0.4, -0.2) is 54.1 Å². The van der Waals surface area contributed by atoms with Crippen LogP contribution in [0.1, 0.15) is 37.8 Å². The van der Waals surface area contributed by atoms with Gasteiger partial charge < -0.3 is 10.6 Å². The highest BCUT2D eigenvalue weighted by Gasteiger charge is 2.40. The molecule has 3 aromatic rings. The van der Waals surface area contributed by atoms with Crippen LogP contribution in [0.15, 0.2) is 24.5 Å². The molecule has 29 heavy (non-hydrogen) atoms. The van der Waals surface area contributed by atoms with E-state index in [1.807, 2.05) is 29.7 Å². The number of fused-ring (bicyclic) bond motifs is 3. The number of nitrogens with zero attached hydrogens (tertiary/aromatic N) is 6. The van der Waals surface area contributed by atoms with E-state index >= 15 is 0 Å². The molecule has 2 unspecified atom stereocenters. The van der Waals surface area contributed by atoms with Gasteiger partial charge in [-0.15, -0.1) is 0 Å². The highest BCUT2D eigenvalue weighted by atomic mass is 15.3. The minimum absolute atomic E-state index is 0.372. The average molecular weight is 391 g/mol. The maximum Gasteiger partial charge on any atom is 0.211 e. The number of piperidine rings is 1. The summed E-state index contributed by atoms with van der Waals surface area (Å²) in [7, 11) is 0. The molecule has 2 saturated heterocycles. The van der Waals surface area contributed by atoms with Crippen molar-refractivity contribution in [2.45, 2.75) is 57.2 Å². The average Bonchev–Trinajstić information content (AvgIpc) is 3.35. The van der Waals surface area contributed by atoms with Crippen LogP contribution < -0.4 is 10.6 Å². The minimum Gasteiger partial charge on any atom is -0.352 e. The molecule has 2 aliphatic heterocycles. The van der Waals surface area contributed by atoms with Gasteiger partial charge in [-0.3, -0.25) is 14.4 Å². The van der Waals surface area contributed by atoms with Gasteiger partial charge in [0.15, 0.2) is 17.3 Å². The van der Waals surface area contributed by atoms with E-state index in [0.717, 1.165) is 42.5 Å². The monoisotopic (exact) mass is 391 g/mol. The quantitative estimate of drug-likeness (QED) is 0.593. The van der Waals surface area contributed by atoms with Crippen molar-refractivity contribution >= 4 is 23.2 Å². The van der Waals surface area contributed by atoms with Crippen LogP contribution in [0.4, 0.5) is 17.6 Å². The van der Waals surface area contributed by atoms with Gasteiger partial charge in [0, 0.05) is 55.2 Å². The van der Waals surface area contributed by atoms with Gasteiger partial charge in [-0.2, -0.15) is 15.3 Å². The predicted molar refractivity (Wildman–Crippen MR) is 110 cm³/mol. The third-order valence-corrected chi connectivity index (χ3v) is 6.06. The second-order valence-electron chi connectivity index (χ2n) is 8.00. The summed E-state index contributed by atoms with van der Waals surface area (Å²) < 4.78 is 1.99. The maximum atomic E-state index is 8.93. The fourth-order valence-electron chi connectivity index (χ4n) is 4.83. The number of nitriles is 1. The molecule has 9 nitrogen and oxygen atoms in total. The molecule has 150 valence electrons. The molecule has 0 aliphatic carbocycles. The van der Waals surface area contributed by atoms with Gasteiger partial charge in [0.25, 0.3) is 0 Å². The van der Waals surface area contributed by atoms with Crippen LogP contribution in [0.3, 0.4) is 0 Å². The fourth-order valence-corrected chi connectivity index (χ4v) is 4.83. The number of aromatic amines is 1. The molecule has 3 atom stereocenters. The smallest absolute Gasteiger partial charge is 0.211 e. The zero-order chi connectivity index (χ0) is 19.8. The Morgan fingerprint density at radius 1 is 1.31 bits per heavy atom. The van der Waals surface area contributed by atoms with Crippen molar-refractivity contribution < 1.29 is 0 Å². The summed E-state index contributed by atoms with van der Waals surface area (Å²) in [5, 5.41) is 23.0. The lowest BCUT2D eigenvalue weighted by Gasteiger charge is -2.38. The molecule has 3 aromatic heterocycles. The van der Waals surface area contributed by atoms with E-state index < -0.39 is 0 Å². The molecular formula is C20H25N9. The highest BCUT2D eigenvalue weighted by molar-refractivity contribution is 5.72. The second-order valence-corrected chi connectivity index (χ2v) is 8.00. The molecule has 9 heteroatoms. The first-order chi connectivity index (χ1) is 14.2. The Bertz CT molecular complexity index is 1030. The first kappa shape index (κ1) is 17.9. The molecule has 5 rings (SSSR count). The van der Waals surface area contributed by atoms with Gasteiger partial charge in [-0.25, -0.2) is 4.98 Å². The lowest BCUT2D eigenvalue weighted by molar-refractivity contribution is 0.135. The number of H-pyrrole nitrogens is 1. The first-order valence-corrected chi connectivity index (χ1v) is 10.2. The van der Waals surface area contributed by atoms with Gasteiger partial charge in [0.05, 0.1) is 6.07 Å². The summed E-state index contributed by atoms with van der Waals surface area (Å²) in [6.45, 7) is 2.86. The molecular weight excluding hydrogens is 366 g/mol. The van der Waals surface area contributed by atoms with Crippen molar-refractivity contribution in [1.29, 1.82) is 5.26 Å². The minimum atomic E-state index is 0.372. The topological polar surface area (TPSA) is 110 Å². The van der Waals surface area contributed by atoms with Crippen molar-refractivity contribution in [2.24, 2.45) is 0 Å². The van der Waals surface area contributed by atoms with Crippen LogP contribution in [0.2, 0.25) is 0 Å². The number of aryl methyl sites for hydroxylation is 1.